The quantitative estimate of drug-likeness (QED) is 0.673. The van der Waals surface area contributed by atoms with Gasteiger partial charge in [-0.2, -0.15) is 0 Å². The van der Waals surface area contributed by atoms with Crippen molar-refractivity contribution < 1.29 is 4.74 Å². The van der Waals surface area contributed by atoms with Crippen molar-refractivity contribution in [1.29, 1.82) is 0 Å². The molecule has 0 unspecified atom stereocenters. The fraction of sp³-hybridized carbons (Fsp3) is 0.571. The van der Waals surface area contributed by atoms with Crippen molar-refractivity contribution in [2.24, 2.45) is 0 Å². The molecule has 0 fully saturated rings. The lowest BCUT2D eigenvalue weighted by atomic mass is 10.3. The summed E-state index contributed by atoms with van der Waals surface area (Å²) in [7, 11) is 0. The maximum atomic E-state index is 5.41. The molecule has 0 aromatic heterocycles. The number of benzene rings is 1. The maximum Gasteiger partial charge on any atom is 0.119 e. The molecule has 0 atom stereocenters. The summed E-state index contributed by atoms with van der Waals surface area (Å²) in [5, 5.41) is 0. The van der Waals surface area contributed by atoms with E-state index in [0.29, 0.717) is 0 Å². The molecule has 1 heteroatoms. The third-order valence-corrected chi connectivity index (χ3v) is 1.11. The fourth-order valence-electron chi connectivity index (χ4n) is 0.771. The number of hydrogen-bond acceptors (Lipinski definition) is 1. The highest BCUT2D eigenvalue weighted by molar-refractivity contribution is 5.20. The van der Waals surface area contributed by atoms with Crippen LogP contribution in [0.25, 0.3) is 0 Å². The second-order valence-corrected chi connectivity index (χ2v) is 3.19. The molecular formula is C14H26O. The smallest absolute Gasteiger partial charge is 0.119 e. The summed E-state index contributed by atoms with van der Waals surface area (Å²) in [6, 6.07) is 9.84. The summed E-state index contributed by atoms with van der Waals surface area (Å²) in [5.74, 6) is 0.942. The molecule has 0 spiro atoms. The molecule has 0 radical (unpaired) electrons. The van der Waals surface area contributed by atoms with E-state index in [0.717, 1.165) is 5.75 Å². The molecule has 1 rings (SSSR count). The van der Waals surface area contributed by atoms with E-state index in [9.17, 15) is 0 Å². The van der Waals surface area contributed by atoms with Crippen LogP contribution in [0.15, 0.2) is 30.3 Å². The van der Waals surface area contributed by atoms with Gasteiger partial charge in [0.1, 0.15) is 5.75 Å². The van der Waals surface area contributed by atoms with Gasteiger partial charge in [-0.1, -0.05) is 52.3 Å². The Bertz CT molecular complexity index is 192. The van der Waals surface area contributed by atoms with E-state index in [1.165, 1.54) is 6.42 Å². The van der Waals surface area contributed by atoms with Crippen LogP contribution >= 0.6 is 0 Å². The second-order valence-electron chi connectivity index (χ2n) is 3.19. The molecule has 0 N–H and O–H groups in total. The normalized spacial score (nSPS) is 8.20. The van der Waals surface area contributed by atoms with E-state index in [1.807, 2.05) is 58.0 Å². The lowest BCUT2D eigenvalue weighted by Gasteiger charge is -2.07. The topological polar surface area (TPSA) is 9.23 Å². The molecule has 15 heavy (non-hydrogen) atoms. The van der Waals surface area contributed by atoms with Crippen molar-refractivity contribution in [2.75, 3.05) is 0 Å². The van der Waals surface area contributed by atoms with Gasteiger partial charge in [-0.3, -0.25) is 0 Å². The second kappa shape index (κ2) is 13.0. The van der Waals surface area contributed by atoms with Crippen molar-refractivity contribution in [3.05, 3.63) is 30.3 Å². The Hall–Kier alpha value is -0.980. The van der Waals surface area contributed by atoms with Crippen LogP contribution in [0.2, 0.25) is 0 Å². The molecule has 0 aliphatic rings. The van der Waals surface area contributed by atoms with Crippen LogP contribution in [-0.2, 0) is 0 Å². The molecule has 0 heterocycles. The molecule has 0 bridgehead atoms. The lowest BCUT2D eigenvalue weighted by Crippen LogP contribution is -2.04. The lowest BCUT2D eigenvalue weighted by molar-refractivity contribution is 0.242. The Kier molecular flexibility index (Phi) is 14.3. The molecule has 0 aliphatic carbocycles. The van der Waals surface area contributed by atoms with E-state index < -0.39 is 0 Å². The highest BCUT2D eigenvalue weighted by Crippen LogP contribution is 2.09. The first-order valence-corrected chi connectivity index (χ1v) is 5.92. The van der Waals surface area contributed by atoms with Crippen LogP contribution in [0.1, 0.15) is 48.0 Å². The van der Waals surface area contributed by atoms with Crippen molar-refractivity contribution >= 4 is 0 Å². The van der Waals surface area contributed by atoms with Crippen LogP contribution in [0.5, 0.6) is 5.75 Å². The van der Waals surface area contributed by atoms with Gasteiger partial charge >= 0.3 is 0 Å². The van der Waals surface area contributed by atoms with Gasteiger partial charge in [0, 0.05) is 0 Å². The Morgan fingerprint density at radius 3 is 1.73 bits per heavy atom. The number of rotatable bonds is 2. The van der Waals surface area contributed by atoms with Gasteiger partial charge in [-0.05, 0) is 26.0 Å². The molecular weight excluding hydrogens is 184 g/mol. The Labute approximate surface area is 95.5 Å². The minimum Gasteiger partial charge on any atom is -0.491 e. The zero-order valence-electron chi connectivity index (χ0n) is 11.1. The number of para-hydroxylation sites is 1. The van der Waals surface area contributed by atoms with Gasteiger partial charge in [0.25, 0.3) is 0 Å². The summed E-state index contributed by atoms with van der Waals surface area (Å²) >= 11 is 0. The fourth-order valence-corrected chi connectivity index (χ4v) is 0.771. The van der Waals surface area contributed by atoms with Gasteiger partial charge < -0.3 is 4.74 Å². The van der Waals surface area contributed by atoms with Gasteiger partial charge in [-0.25, -0.2) is 0 Å². The summed E-state index contributed by atoms with van der Waals surface area (Å²) in [6.07, 6.45) is 1.52. The van der Waals surface area contributed by atoms with Crippen molar-refractivity contribution in [3.63, 3.8) is 0 Å². The summed E-state index contributed by atoms with van der Waals surface area (Å²) in [4.78, 5) is 0. The van der Waals surface area contributed by atoms with Crippen LogP contribution in [0.4, 0.5) is 0 Å². The molecule has 1 aromatic rings. The number of ether oxygens (including phenoxy) is 1. The zero-order valence-corrected chi connectivity index (χ0v) is 11.1. The minimum absolute atomic E-state index is 0.266. The van der Waals surface area contributed by atoms with E-state index >= 15 is 0 Å². The average Bonchev–Trinajstić information content (AvgIpc) is 2.22. The number of hydrogen-bond donors (Lipinski definition) is 0. The SMILES string of the molecule is CC.CC(C)Oc1ccccc1.CCC. The Morgan fingerprint density at radius 2 is 1.40 bits per heavy atom. The molecule has 0 amide bonds. The van der Waals surface area contributed by atoms with Gasteiger partial charge in [0.05, 0.1) is 6.10 Å². The predicted molar refractivity (Wildman–Crippen MR) is 69.5 cm³/mol. The van der Waals surface area contributed by atoms with Crippen molar-refractivity contribution in [1.82, 2.24) is 0 Å². The molecule has 1 nitrogen and oxygen atoms in total. The largest absolute Gasteiger partial charge is 0.491 e. The first-order valence-electron chi connectivity index (χ1n) is 5.92. The highest BCUT2D eigenvalue weighted by atomic mass is 16.5. The molecule has 0 saturated carbocycles. The molecule has 0 aliphatic heterocycles. The van der Waals surface area contributed by atoms with Crippen LogP contribution in [0, 0.1) is 0 Å². The zero-order chi connectivity index (χ0) is 12.1. The van der Waals surface area contributed by atoms with Crippen LogP contribution in [0.3, 0.4) is 0 Å². The molecule has 0 saturated heterocycles. The minimum atomic E-state index is 0.266. The summed E-state index contributed by atoms with van der Waals surface area (Å²) < 4.78 is 5.41. The van der Waals surface area contributed by atoms with Gasteiger partial charge in [-0.15, -0.1) is 0 Å². The maximum absolute atomic E-state index is 5.41. The summed E-state index contributed by atoms with van der Waals surface area (Å²) in [5.41, 5.74) is 0. The monoisotopic (exact) mass is 210 g/mol. The van der Waals surface area contributed by atoms with E-state index in [-0.39, 0.29) is 6.10 Å². The van der Waals surface area contributed by atoms with E-state index in [1.54, 1.807) is 0 Å². The van der Waals surface area contributed by atoms with E-state index in [4.69, 9.17) is 4.74 Å². The predicted octanol–water partition coefficient (Wildman–Crippen LogP) is 4.92. The highest BCUT2D eigenvalue weighted by Gasteiger charge is 1.92. The standard InChI is InChI=1S/C9H12O.C3H8.C2H6/c1-8(2)10-9-6-4-3-5-7-9;1-3-2;1-2/h3-8H,1-2H3;3H2,1-2H3;1-2H3. The van der Waals surface area contributed by atoms with Crippen molar-refractivity contribution in [3.8, 4) is 5.75 Å². The Balaban J connectivity index is 0. The summed E-state index contributed by atoms with van der Waals surface area (Å²) in [6.45, 7) is 12.3. The van der Waals surface area contributed by atoms with E-state index in [2.05, 4.69) is 13.8 Å². The first-order chi connectivity index (χ1) is 7.20. The van der Waals surface area contributed by atoms with Crippen LogP contribution < -0.4 is 4.74 Å². The molecule has 1 aromatic carbocycles. The van der Waals surface area contributed by atoms with Crippen molar-refractivity contribution in [2.45, 2.75) is 54.1 Å². The first kappa shape index (κ1) is 16.4. The van der Waals surface area contributed by atoms with Gasteiger partial charge in [0.15, 0.2) is 0 Å². The average molecular weight is 210 g/mol. The third kappa shape index (κ3) is 13.0. The molecule has 88 valence electrons. The Morgan fingerprint density at radius 1 is 1.00 bits per heavy atom. The third-order valence-electron chi connectivity index (χ3n) is 1.11. The van der Waals surface area contributed by atoms with Crippen LogP contribution in [-0.4, -0.2) is 6.10 Å². The van der Waals surface area contributed by atoms with Gasteiger partial charge in [0.2, 0.25) is 0 Å².